The van der Waals surface area contributed by atoms with Crippen LogP contribution >= 0.6 is 7.92 Å². The van der Waals surface area contributed by atoms with E-state index in [-0.39, 0.29) is 28.3 Å². The van der Waals surface area contributed by atoms with E-state index in [9.17, 15) is 4.79 Å². The first kappa shape index (κ1) is 23.3. The second kappa shape index (κ2) is 10.7. The number of cyclic esters (lactones) is 1. The molecule has 0 saturated carbocycles. The first-order valence-electron chi connectivity index (χ1n) is 9.27. The molecule has 2 nitrogen and oxygen atoms in total. The van der Waals surface area contributed by atoms with Crippen LogP contribution in [0.1, 0.15) is 20.8 Å². The standard InChI is InChI=1S/C18H15P.C7H9O2.Au/c1-4-10-16(11-5-1)19(17-12-6-2-7-13-17)18-14-8-3-9-15-18;1-5-4-7(2,3)9-6(5)8;/h1-15H;1-3H3;/q;-1;+1. The third-order valence-electron chi connectivity index (χ3n) is 4.19. The van der Waals surface area contributed by atoms with E-state index >= 15 is 0 Å². The van der Waals surface area contributed by atoms with E-state index < -0.39 is 13.5 Å². The molecule has 0 saturated heterocycles. The van der Waals surface area contributed by atoms with Crippen molar-refractivity contribution in [2.45, 2.75) is 26.4 Å². The molecule has 0 bridgehead atoms. The quantitative estimate of drug-likeness (QED) is 0.196. The van der Waals surface area contributed by atoms with Gasteiger partial charge in [0.1, 0.15) is 0 Å². The molecule has 152 valence electrons. The van der Waals surface area contributed by atoms with E-state index in [1.54, 1.807) is 20.8 Å². The molecule has 1 heterocycles. The number of esters is 1. The third kappa shape index (κ3) is 6.52. The minimum absolute atomic E-state index is 0. The van der Waals surface area contributed by atoms with Crippen molar-refractivity contribution in [2.24, 2.45) is 0 Å². The Kier molecular flexibility index (Phi) is 8.61. The van der Waals surface area contributed by atoms with Crippen LogP contribution in [-0.4, -0.2) is 11.6 Å². The first-order chi connectivity index (χ1) is 13.5. The van der Waals surface area contributed by atoms with Crippen LogP contribution in [0.5, 0.6) is 0 Å². The summed E-state index contributed by atoms with van der Waals surface area (Å²) >= 11 is 0. The van der Waals surface area contributed by atoms with Crippen molar-refractivity contribution in [3.63, 3.8) is 0 Å². The number of rotatable bonds is 3. The number of hydrogen-bond acceptors (Lipinski definition) is 2. The molecule has 1 aliphatic rings. The first-order valence-corrected chi connectivity index (χ1v) is 10.6. The number of hydrogen-bond donors (Lipinski definition) is 0. The molecule has 4 rings (SSSR count). The molecular formula is C25H24AuO2P. The van der Waals surface area contributed by atoms with Crippen LogP contribution in [0, 0.1) is 6.08 Å². The predicted molar refractivity (Wildman–Crippen MR) is 118 cm³/mol. The Morgan fingerprint density at radius 2 is 1.07 bits per heavy atom. The van der Waals surface area contributed by atoms with Gasteiger partial charge in [0.2, 0.25) is 0 Å². The smallest absolute Gasteiger partial charge is 0.555 e. The zero-order valence-electron chi connectivity index (χ0n) is 16.7. The zero-order chi connectivity index (χ0) is 20.0. The van der Waals surface area contributed by atoms with E-state index in [0.29, 0.717) is 5.57 Å². The molecule has 3 aromatic carbocycles. The molecule has 0 N–H and O–H groups in total. The fraction of sp³-hybridized carbons (Fsp3) is 0.160. The summed E-state index contributed by atoms with van der Waals surface area (Å²) in [7, 11) is -0.446. The monoisotopic (exact) mass is 584 g/mol. The largest absolute Gasteiger partial charge is 1.00 e. The Balaban J connectivity index is 0.000000255. The van der Waals surface area contributed by atoms with Crippen molar-refractivity contribution in [2.75, 3.05) is 0 Å². The van der Waals surface area contributed by atoms with Gasteiger partial charge in [0.25, 0.3) is 0 Å². The second-order valence-electron chi connectivity index (χ2n) is 6.99. The molecule has 29 heavy (non-hydrogen) atoms. The maximum absolute atomic E-state index is 10.7. The van der Waals surface area contributed by atoms with Crippen molar-refractivity contribution >= 4 is 29.8 Å². The van der Waals surface area contributed by atoms with Crippen molar-refractivity contribution in [3.05, 3.63) is 103 Å². The van der Waals surface area contributed by atoms with Gasteiger partial charge in [-0.05, 0) is 37.7 Å². The summed E-state index contributed by atoms with van der Waals surface area (Å²) in [6, 6.07) is 32.3. The van der Waals surface area contributed by atoms with Crippen molar-refractivity contribution < 1.29 is 31.9 Å². The summed E-state index contributed by atoms with van der Waals surface area (Å²) < 4.78 is 4.87. The molecule has 0 aliphatic carbocycles. The molecule has 0 fully saturated rings. The van der Waals surface area contributed by atoms with Crippen LogP contribution in [0.4, 0.5) is 0 Å². The SMILES string of the molecule is CC1=[C-]C(C)(C)OC1=O.[Au+].c1ccc(P(c2ccccc2)c2ccccc2)cc1. The van der Waals surface area contributed by atoms with E-state index in [1.165, 1.54) is 15.9 Å². The average molecular weight is 584 g/mol. The Hall–Kier alpha value is -1.96. The number of carbonyl (C=O) groups is 1. The van der Waals surface area contributed by atoms with Gasteiger partial charge < -0.3 is 9.53 Å². The minimum Gasteiger partial charge on any atom is -0.555 e. The number of ether oxygens (including phenoxy) is 1. The molecule has 1 aliphatic heterocycles. The maximum Gasteiger partial charge on any atom is 1.00 e. The van der Waals surface area contributed by atoms with Crippen LogP contribution in [0.15, 0.2) is 96.6 Å². The van der Waals surface area contributed by atoms with Gasteiger partial charge in [-0.3, -0.25) is 0 Å². The number of benzene rings is 3. The van der Waals surface area contributed by atoms with Crippen LogP contribution < -0.4 is 15.9 Å². The summed E-state index contributed by atoms with van der Waals surface area (Å²) in [4.78, 5) is 10.7. The molecule has 0 amide bonds. The molecule has 0 atom stereocenters. The van der Waals surface area contributed by atoms with Gasteiger partial charge in [-0.1, -0.05) is 97.9 Å². The van der Waals surface area contributed by atoms with Crippen LogP contribution in [0.2, 0.25) is 0 Å². The van der Waals surface area contributed by atoms with E-state index in [4.69, 9.17) is 4.74 Å². The molecular weight excluding hydrogens is 560 g/mol. The van der Waals surface area contributed by atoms with Crippen molar-refractivity contribution in [1.82, 2.24) is 0 Å². The van der Waals surface area contributed by atoms with E-state index in [1.807, 2.05) is 0 Å². The van der Waals surface area contributed by atoms with Crippen molar-refractivity contribution in [3.8, 4) is 0 Å². The van der Waals surface area contributed by atoms with Gasteiger partial charge in [-0.2, -0.15) is 0 Å². The predicted octanol–water partition coefficient (Wildman–Crippen LogP) is 4.51. The van der Waals surface area contributed by atoms with Crippen molar-refractivity contribution in [1.29, 1.82) is 0 Å². The summed E-state index contributed by atoms with van der Waals surface area (Å²) in [5, 5.41) is 4.19. The minimum atomic E-state index is -0.499. The molecule has 0 radical (unpaired) electrons. The Morgan fingerprint density at radius 3 is 1.28 bits per heavy atom. The Morgan fingerprint density at radius 1 is 0.724 bits per heavy atom. The summed E-state index contributed by atoms with van der Waals surface area (Å²) in [5.74, 6) is -0.250. The maximum atomic E-state index is 10.7. The molecule has 4 heteroatoms. The van der Waals surface area contributed by atoms with Crippen LogP contribution in [0.25, 0.3) is 0 Å². The third-order valence-corrected chi connectivity index (χ3v) is 6.63. The molecule has 0 unspecified atom stereocenters. The molecule has 0 spiro atoms. The summed E-state index contributed by atoms with van der Waals surface area (Å²) in [6.07, 6.45) is 2.89. The Bertz CT molecular complexity index is 844. The zero-order valence-corrected chi connectivity index (χ0v) is 19.8. The normalized spacial score (nSPS) is 14.2. The molecule has 3 aromatic rings. The molecule has 0 aromatic heterocycles. The van der Waals surface area contributed by atoms with E-state index in [0.717, 1.165) is 0 Å². The van der Waals surface area contributed by atoms with Crippen LogP contribution in [-0.2, 0) is 31.9 Å². The van der Waals surface area contributed by atoms with Gasteiger partial charge in [-0.25, -0.2) is 6.08 Å². The average Bonchev–Trinajstić information content (AvgIpc) is 2.95. The Labute approximate surface area is 190 Å². The van der Waals surface area contributed by atoms with Gasteiger partial charge >= 0.3 is 22.4 Å². The van der Waals surface area contributed by atoms with Gasteiger partial charge in [0, 0.05) is 5.60 Å². The fourth-order valence-corrected chi connectivity index (χ4v) is 5.32. The summed E-state index contributed by atoms with van der Waals surface area (Å²) in [5.41, 5.74) is 0.0845. The summed E-state index contributed by atoms with van der Waals surface area (Å²) in [6.45, 7) is 5.32. The topological polar surface area (TPSA) is 26.3 Å². The van der Waals surface area contributed by atoms with E-state index in [2.05, 4.69) is 97.1 Å². The fourth-order valence-electron chi connectivity index (χ4n) is 3.01. The second-order valence-corrected chi connectivity index (χ2v) is 9.21. The van der Waals surface area contributed by atoms with Crippen LogP contribution in [0.3, 0.4) is 0 Å². The van der Waals surface area contributed by atoms with Gasteiger partial charge in [0.05, 0.1) is 0 Å². The van der Waals surface area contributed by atoms with Gasteiger partial charge in [-0.15, -0.1) is 5.57 Å². The van der Waals surface area contributed by atoms with Gasteiger partial charge in [0.15, 0.2) is 5.97 Å². The number of carbonyl (C=O) groups excluding carboxylic acids is 1.